The van der Waals surface area contributed by atoms with Gasteiger partial charge in [0, 0.05) is 23.5 Å². The molecule has 2 heterocycles. The molecule has 0 atom stereocenters. The Morgan fingerprint density at radius 1 is 1.22 bits per heavy atom. The predicted octanol–water partition coefficient (Wildman–Crippen LogP) is 3.04. The number of pyridine rings is 1. The summed E-state index contributed by atoms with van der Waals surface area (Å²) in [5, 5.41) is 11.0. The normalized spacial score (nSPS) is 11.8. The third kappa shape index (κ3) is 2.75. The molecular formula is C15H7ClF3N2O2-. The van der Waals surface area contributed by atoms with E-state index in [4.69, 9.17) is 11.6 Å². The molecule has 0 fully saturated rings. The summed E-state index contributed by atoms with van der Waals surface area (Å²) in [5.41, 5.74) is -0.509. The van der Waals surface area contributed by atoms with Crippen LogP contribution < -0.4 is 5.11 Å². The van der Waals surface area contributed by atoms with Gasteiger partial charge in [-0.25, -0.2) is 4.98 Å². The SMILES string of the molecule is O=C([O-])c1ccccc1-c1cn2cc(C(F)(F)F)cc(Cl)c2n1. The van der Waals surface area contributed by atoms with Gasteiger partial charge >= 0.3 is 6.18 Å². The Bertz CT molecular complexity index is 919. The molecule has 0 aliphatic carbocycles. The van der Waals surface area contributed by atoms with E-state index in [1.165, 1.54) is 24.4 Å². The Balaban J connectivity index is 2.22. The van der Waals surface area contributed by atoms with Gasteiger partial charge in [-0.2, -0.15) is 13.2 Å². The molecule has 0 saturated heterocycles. The lowest BCUT2D eigenvalue weighted by Gasteiger charge is -2.07. The average molecular weight is 340 g/mol. The Morgan fingerprint density at radius 2 is 1.91 bits per heavy atom. The molecule has 0 spiro atoms. The average Bonchev–Trinajstić information content (AvgIpc) is 2.91. The van der Waals surface area contributed by atoms with Crippen LogP contribution >= 0.6 is 11.6 Å². The van der Waals surface area contributed by atoms with Gasteiger partial charge in [0.2, 0.25) is 0 Å². The summed E-state index contributed by atoms with van der Waals surface area (Å²) in [7, 11) is 0. The number of nitrogens with zero attached hydrogens (tertiary/aromatic N) is 2. The fourth-order valence-electron chi connectivity index (χ4n) is 2.23. The van der Waals surface area contributed by atoms with Crippen LogP contribution in [0.3, 0.4) is 0 Å². The monoisotopic (exact) mass is 339 g/mol. The van der Waals surface area contributed by atoms with Crippen molar-refractivity contribution in [3.8, 4) is 11.3 Å². The maximum atomic E-state index is 12.8. The molecule has 1 aromatic carbocycles. The number of carboxylic acids is 1. The quantitative estimate of drug-likeness (QED) is 0.721. The van der Waals surface area contributed by atoms with E-state index >= 15 is 0 Å². The highest BCUT2D eigenvalue weighted by Crippen LogP contribution is 2.33. The van der Waals surface area contributed by atoms with Gasteiger partial charge in [-0.1, -0.05) is 35.9 Å². The maximum absolute atomic E-state index is 12.8. The van der Waals surface area contributed by atoms with Gasteiger partial charge in [0.1, 0.15) is 0 Å². The first-order valence-corrected chi connectivity index (χ1v) is 6.71. The zero-order valence-corrected chi connectivity index (χ0v) is 12.0. The van der Waals surface area contributed by atoms with Crippen molar-refractivity contribution in [1.82, 2.24) is 9.38 Å². The summed E-state index contributed by atoms with van der Waals surface area (Å²) in [4.78, 5) is 15.3. The third-order valence-electron chi connectivity index (χ3n) is 3.26. The van der Waals surface area contributed by atoms with Crippen molar-refractivity contribution in [3.05, 3.63) is 58.9 Å². The van der Waals surface area contributed by atoms with Crippen molar-refractivity contribution >= 4 is 23.2 Å². The van der Waals surface area contributed by atoms with Crippen LogP contribution in [0.1, 0.15) is 15.9 Å². The summed E-state index contributed by atoms with van der Waals surface area (Å²) in [6.45, 7) is 0. The van der Waals surface area contributed by atoms with E-state index < -0.39 is 17.7 Å². The molecule has 8 heteroatoms. The molecule has 0 N–H and O–H groups in total. The number of fused-ring (bicyclic) bond motifs is 1. The lowest BCUT2D eigenvalue weighted by molar-refractivity contribution is -0.254. The molecular weight excluding hydrogens is 333 g/mol. The number of hydrogen-bond acceptors (Lipinski definition) is 3. The zero-order chi connectivity index (χ0) is 16.8. The van der Waals surface area contributed by atoms with E-state index in [-0.39, 0.29) is 27.5 Å². The van der Waals surface area contributed by atoms with Crippen molar-refractivity contribution in [3.63, 3.8) is 0 Å². The Hall–Kier alpha value is -2.54. The van der Waals surface area contributed by atoms with E-state index in [1.54, 1.807) is 6.07 Å². The van der Waals surface area contributed by atoms with E-state index in [1.807, 2.05) is 0 Å². The van der Waals surface area contributed by atoms with Gasteiger partial charge in [-0.05, 0) is 6.07 Å². The van der Waals surface area contributed by atoms with Crippen LogP contribution in [0.25, 0.3) is 16.9 Å². The number of hydrogen-bond donors (Lipinski definition) is 0. The molecule has 0 amide bonds. The van der Waals surface area contributed by atoms with Crippen molar-refractivity contribution in [2.45, 2.75) is 6.18 Å². The number of halogens is 4. The first-order valence-electron chi connectivity index (χ1n) is 6.33. The number of aromatic carboxylic acids is 1. The number of aromatic nitrogens is 2. The minimum atomic E-state index is -4.55. The summed E-state index contributed by atoms with van der Waals surface area (Å²) in [6, 6.07) is 6.70. The first-order chi connectivity index (χ1) is 10.8. The number of benzene rings is 1. The molecule has 0 radical (unpaired) electrons. The molecule has 0 bridgehead atoms. The van der Waals surface area contributed by atoms with E-state index in [0.717, 1.165) is 16.7 Å². The lowest BCUT2D eigenvalue weighted by Crippen LogP contribution is -2.22. The molecule has 0 saturated carbocycles. The minimum Gasteiger partial charge on any atom is -0.545 e. The van der Waals surface area contributed by atoms with Crippen LogP contribution in [0, 0.1) is 0 Å². The van der Waals surface area contributed by atoms with Crippen molar-refractivity contribution < 1.29 is 23.1 Å². The van der Waals surface area contributed by atoms with Crippen LogP contribution in [0.4, 0.5) is 13.2 Å². The Kier molecular flexibility index (Phi) is 3.52. The minimum absolute atomic E-state index is 0.0998. The van der Waals surface area contributed by atoms with E-state index in [0.29, 0.717) is 0 Å². The predicted molar refractivity (Wildman–Crippen MR) is 75.0 cm³/mol. The number of alkyl halides is 3. The van der Waals surface area contributed by atoms with Gasteiger partial charge in [0.25, 0.3) is 0 Å². The van der Waals surface area contributed by atoms with Crippen LogP contribution in [0.15, 0.2) is 42.7 Å². The van der Waals surface area contributed by atoms with Gasteiger partial charge in [-0.3, -0.25) is 0 Å². The van der Waals surface area contributed by atoms with Crippen molar-refractivity contribution in [2.24, 2.45) is 0 Å². The van der Waals surface area contributed by atoms with Crippen molar-refractivity contribution in [2.75, 3.05) is 0 Å². The molecule has 3 aromatic rings. The number of rotatable bonds is 2. The number of imidazole rings is 1. The summed E-state index contributed by atoms with van der Waals surface area (Å²) in [6.07, 6.45) is -2.41. The molecule has 0 aliphatic heterocycles. The Morgan fingerprint density at radius 3 is 2.57 bits per heavy atom. The topological polar surface area (TPSA) is 57.4 Å². The molecule has 4 nitrogen and oxygen atoms in total. The van der Waals surface area contributed by atoms with Gasteiger partial charge in [0.05, 0.1) is 22.2 Å². The van der Waals surface area contributed by atoms with Crippen LogP contribution in [0.5, 0.6) is 0 Å². The number of carbonyl (C=O) groups is 1. The second-order valence-electron chi connectivity index (χ2n) is 4.76. The fourth-order valence-corrected chi connectivity index (χ4v) is 2.48. The fraction of sp³-hybridized carbons (Fsp3) is 0.0667. The van der Waals surface area contributed by atoms with Crippen LogP contribution in [-0.4, -0.2) is 15.4 Å². The van der Waals surface area contributed by atoms with Crippen LogP contribution in [0.2, 0.25) is 5.02 Å². The van der Waals surface area contributed by atoms with E-state index in [2.05, 4.69) is 4.98 Å². The third-order valence-corrected chi connectivity index (χ3v) is 3.53. The second kappa shape index (κ2) is 5.27. The number of carboxylic acid groups (broad SMARTS) is 1. The smallest absolute Gasteiger partial charge is 0.417 e. The highest BCUT2D eigenvalue weighted by atomic mass is 35.5. The molecule has 0 unspecified atom stereocenters. The number of carbonyl (C=O) groups excluding carboxylic acids is 1. The summed E-state index contributed by atoms with van der Waals surface area (Å²) < 4.78 is 39.6. The van der Waals surface area contributed by atoms with Crippen molar-refractivity contribution in [1.29, 1.82) is 0 Å². The molecule has 3 rings (SSSR count). The highest BCUT2D eigenvalue weighted by Gasteiger charge is 2.32. The highest BCUT2D eigenvalue weighted by molar-refractivity contribution is 6.33. The molecule has 0 aliphatic rings. The van der Waals surface area contributed by atoms with E-state index in [9.17, 15) is 23.1 Å². The zero-order valence-electron chi connectivity index (χ0n) is 11.3. The van der Waals surface area contributed by atoms with Gasteiger partial charge in [0.15, 0.2) is 5.65 Å². The molecule has 2 aromatic heterocycles. The Labute approximate surface area is 132 Å². The largest absolute Gasteiger partial charge is 0.545 e. The lowest BCUT2D eigenvalue weighted by atomic mass is 10.1. The van der Waals surface area contributed by atoms with Gasteiger partial charge < -0.3 is 14.3 Å². The second-order valence-corrected chi connectivity index (χ2v) is 5.17. The molecule has 118 valence electrons. The van der Waals surface area contributed by atoms with Gasteiger partial charge in [-0.15, -0.1) is 0 Å². The maximum Gasteiger partial charge on any atom is 0.417 e. The molecule has 23 heavy (non-hydrogen) atoms. The summed E-state index contributed by atoms with van der Waals surface area (Å²) >= 11 is 5.86. The van der Waals surface area contributed by atoms with Crippen LogP contribution in [-0.2, 0) is 6.18 Å². The summed E-state index contributed by atoms with van der Waals surface area (Å²) in [5.74, 6) is -1.40. The standard InChI is InChI=1S/C15H8ClF3N2O2/c16-11-5-8(15(17,18)19)6-21-7-12(20-13(11)21)9-3-1-2-4-10(9)14(22)23/h1-7H,(H,22,23)/p-1. The first kappa shape index (κ1) is 15.4.